The fourth-order valence-electron chi connectivity index (χ4n) is 2.89. The van der Waals surface area contributed by atoms with Crippen molar-refractivity contribution in [2.45, 2.75) is 18.7 Å². The van der Waals surface area contributed by atoms with Crippen LogP contribution in [0, 0.1) is 5.92 Å². The van der Waals surface area contributed by atoms with E-state index in [1.54, 1.807) is 24.3 Å². The lowest BCUT2D eigenvalue weighted by molar-refractivity contribution is 0.143. The maximum Gasteiger partial charge on any atom is 0.430 e. The number of aromatic hydroxyl groups is 1. The second-order valence-corrected chi connectivity index (χ2v) is 9.45. The molecule has 0 aliphatic carbocycles. The molecule has 0 aliphatic rings. The highest BCUT2D eigenvalue weighted by atomic mass is 35.5. The first kappa shape index (κ1) is 24.3. The van der Waals surface area contributed by atoms with Gasteiger partial charge in [-0.05, 0) is 29.7 Å². The monoisotopic (exact) mass is 491 g/mol. The molecule has 0 radical (unpaired) electrons. The zero-order chi connectivity index (χ0) is 24.2. The summed E-state index contributed by atoms with van der Waals surface area (Å²) in [5.41, 5.74) is 0.816. The van der Waals surface area contributed by atoms with Gasteiger partial charge >= 0.3 is 6.09 Å². The lowest BCUT2D eigenvalue weighted by Crippen LogP contribution is -2.39. The second-order valence-electron chi connectivity index (χ2n) is 7.31. The number of amides is 1. The highest BCUT2D eigenvalue weighted by Crippen LogP contribution is 2.35. The van der Waals surface area contributed by atoms with Gasteiger partial charge in [0, 0.05) is 5.56 Å². The third-order valence-electron chi connectivity index (χ3n) is 4.37. The summed E-state index contributed by atoms with van der Waals surface area (Å²) in [6, 6.07) is 12.1. The molecule has 1 amide bonds. The van der Waals surface area contributed by atoms with Crippen molar-refractivity contribution in [3.8, 4) is 22.8 Å². The quantitative estimate of drug-likeness (QED) is 0.513. The molecule has 0 unspecified atom stereocenters. The number of nitrogens with zero attached hydrogens (tertiary/aromatic N) is 3. The van der Waals surface area contributed by atoms with Crippen LogP contribution >= 0.6 is 11.6 Å². The Hall–Kier alpha value is -3.37. The van der Waals surface area contributed by atoms with E-state index in [0.29, 0.717) is 15.4 Å². The van der Waals surface area contributed by atoms with Crippen LogP contribution in [-0.2, 0) is 14.8 Å². The maximum absolute atomic E-state index is 13.9. The van der Waals surface area contributed by atoms with E-state index in [4.69, 9.17) is 21.1 Å². The Kier molecular flexibility index (Phi) is 7.39. The van der Waals surface area contributed by atoms with Crippen LogP contribution in [0.3, 0.4) is 0 Å². The molecule has 1 N–H and O–H groups in total. The van der Waals surface area contributed by atoms with Gasteiger partial charge in [-0.2, -0.15) is 4.98 Å². The number of rotatable bonds is 7. The molecule has 174 valence electrons. The van der Waals surface area contributed by atoms with Gasteiger partial charge in [0.15, 0.2) is 5.15 Å². The summed E-state index contributed by atoms with van der Waals surface area (Å²) < 4.78 is 38.5. The lowest BCUT2D eigenvalue weighted by atomic mass is 10.1. The van der Waals surface area contributed by atoms with Gasteiger partial charge in [0.2, 0.25) is 5.82 Å². The van der Waals surface area contributed by atoms with Gasteiger partial charge in [0.25, 0.3) is 15.9 Å². The number of aromatic nitrogens is 2. The van der Waals surface area contributed by atoms with Crippen LogP contribution in [0.25, 0.3) is 11.1 Å². The average Bonchev–Trinajstić information content (AvgIpc) is 2.79. The van der Waals surface area contributed by atoms with Gasteiger partial charge < -0.3 is 14.6 Å². The summed E-state index contributed by atoms with van der Waals surface area (Å²) >= 11 is 5.87. The molecule has 33 heavy (non-hydrogen) atoms. The summed E-state index contributed by atoms with van der Waals surface area (Å²) in [7, 11) is -3.32. The summed E-state index contributed by atoms with van der Waals surface area (Å²) in [5, 5.41) is 9.55. The van der Waals surface area contributed by atoms with Gasteiger partial charge in [-0.3, -0.25) is 0 Å². The van der Waals surface area contributed by atoms with Crippen LogP contribution in [-0.4, -0.2) is 43.3 Å². The number of ether oxygens (including phenoxy) is 2. The standard InChI is InChI=1S/C22H22ClN3O6S/c1-14(2)13-32-22(28)26(20-21(31-3)25-19(23)12-24-20)33(29,30)18-7-5-4-6-17(18)15-8-10-16(27)11-9-15/h4-12,14,27H,13H2,1-3H3. The van der Waals surface area contributed by atoms with Crippen molar-refractivity contribution in [2.75, 3.05) is 18.0 Å². The van der Waals surface area contributed by atoms with Crippen molar-refractivity contribution in [1.82, 2.24) is 9.97 Å². The average molecular weight is 492 g/mol. The van der Waals surface area contributed by atoms with E-state index in [1.807, 2.05) is 13.8 Å². The number of anilines is 1. The van der Waals surface area contributed by atoms with Crippen LogP contribution in [0.1, 0.15) is 13.8 Å². The minimum atomic E-state index is -4.56. The van der Waals surface area contributed by atoms with Gasteiger partial charge in [0.05, 0.1) is 24.8 Å². The van der Waals surface area contributed by atoms with E-state index in [-0.39, 0.29) is 34.2 Å². The Morgan fingerprint density at radius 3 is 2.45 bits per heavy atom. The van der Waals surface area contributed by atoms with E-state index < -0.39 is 21.9 Å². The van der Waals surface area contributed by atoms with Crippen LogP contribution in [0.5, 0.6) is 11.6 Å². The Balaban J connectivity index is 2.21. The molecule has 0 saturated carbocycles. The number of methoxy groups -OCH3 is 1. The number of carbonyl (C=O) groups excluding carboxylic acids is 1. The zero-order valence-electron chi connectivity index (χ0n) is 18.1. The van der Waals surface area contributed by atoms with Crippen molar-refractivity contribution in [2.24, 2.45) is 5.92 Å². The van der Waals surface area contributed by atoms with Crippen LogP contribution in [0.2, 0.25) is 5.15 Å². The molecule has 3 rings (SSSR count). The summed E-state index contributed by atoms with van der Waals surface area (Å²) in [5.74, 6) is -0.675. The molecular formula is C22H22ClN3O6S. The number of phenols is 1. The van der Waals surface area contributed by atoms with E-state index >= 15 is 0 Å². The third kappa shape index (κ3) is 5.35. The minimum absolute atomic E-state index is 0.0200. The molecule has 2 aromatic carbocycles. The predicted octanol–water partition coefficient (Wildman–Crippen LogP) is 4.50. The number of hydrogen-bond acceptors (Lipinski definition) is 8. The second kappa shape index (κ2) is 10.1. The predicted molar refractivity (Wildman–Crippen MR) is 123 cm³/mol. The van der Waals surface area contributed by atoms with Gasteiger partial charge in [-0.1, -0.05) is 55.8 Å². The Morgan fingerprint density at radius 2 is 1.82 bits per heavy atom. The molecule has 0 aliphatic heterocycles. The Labute approximate surface area is 196 Å². The largest absolute Gasteiger partial charge is 0.508 e. The van der Waals surface area contributed by atoms with Crippen molar-refractivity contribution in [3.63, 3.8) is 0 Å². The molecule has 0 atom stereocenters. The van der Waals surface area contributed by atoms with E-state index in [9.17, 15) is 18.3 Å². The van der Waals surface area contributed by atoms with E-state index in [0.717, 1.165) is 6.20 Å². The van der Waals surface area contributed by atoms with Crippen molar-refractivity contribution < 1.29 is 27.8 Å². The number of halogens is 1. The number of hydrogen-bond donors (Lipinski definition) is 1. The summed E-state index contributed by atoms with van der Waals surface area (Å²) in [4.78, 5) is 20.8. The maximum atomic E-state index is 13.9. The van der Waals surface area contributed by atoms with Crippen LogP contribution < -0.4 is 9.04 Å². The number of carbonyl (C=O) groups is 1. The highest BCUT2D eigenvalue weighted by molar-refractivity contribution is 7.93. The zero-order valence-corrected chi connectivity index (χ0v) is 19.7. The minimum Gasteiger partial charge on any atom is -0.508 e. The smallest absolute Gasteiger partial charge is 0.430 e. The topological polar surface area (TPSA) is 119 Å². The molecule has 9 nitrogen and oxygen atoms in total. The number of benzene rings is 2. The molecule has 0 saturated heterocycles. The van der Waals surface area contributed by atoms with Gasteiger partial charge in [-0.15, -0.1) is 4.31 Å². The first-order valence-corrected chi connectivity index (χ1v) is 11.6. The first-order valence-electron chi connectivity index (χ1n) is 9.82. The lowest BCUT2D eigenvalue weighted by Gasteiger charge is -2.23. The number of phenolic OH excluding ortho intramolecular Hbond substituents is 1. The van der Waals surface area contributed by atoms with Gasteiger partial charge in [-0.25, -0.2) is 18.2 Å². The molecule has 1 heterocycles. The normalized spacial score (nSPS) is 11.3. The fourth-order valence-corrected chi connectivity index (χ4v) is 4.52. The molecule has 11 heteroatoms. The van der Waals surface area contributed by atoms with E-state index in [2.05, 4.69) is 9.97 Å². The van der Waals surface area contributed by atoms with Crippen LogP contribution in [0.4, 0.5) is 10.6 Å². The SMILES string of the molecule is COc1nc(Cl)cnc1N(C(=O)OCC(C)C)S(=O)(=O)c1ccccc1-c1ccc(O)cc1. The van der Waals surface area contributed by atoms with Crippen LogP contribution in [0.15, 0.2) is 59.6 Å². The molecule has 1 aromatic heterocycles. The fraction of sp³-hybridized carbons (Fsp3) is 0.227. The first-order chi connectivity index (χ1) is 15.6. The van der Waals surface area contributed by atoms with Gasteiger partial charge in [0.1, 0.15) is 5.75 Å². The molecule has 0 fully saturated rings. The molecular weight excluding hydrogens is 470 g/mol. The van der Waals surface area contributed by atoms with Crippen molar-refractivity contribution >= 4 is 33.5 Å². The third-order valence-corrected chi connectivity index (χ3v) is 6.26. The molecule has 3 aromatic rings. The highest BCUT2D eigenvalue weighted by Gasteiger charge is 2.38. The molecule has 0 bridgehead atoms. The van der Waals surface area contributed by atoms with Crippen molar-refractivity contribution in [3.05, 3.63) is 59.9 Å². The van der Waals surface area contributed by atoms with Crippen molar-refractivity contribution in [1.29, 1.82) is 0 Å². The Bertz CT molecular complexity index is 1250. The summed E-state index contributed by atoms with van der Waals surface area (Å²) in [6.45, 7) is 3.61. The summed E-state index contributed by atoms with van der Waals surface area (Å²) in [6.07, 6.45) is -0.0667. The Morgan fingerprint density at radius 1 is 1.15 bits per heavy atom. The number of sulfonamides is 1. The van der Waals surface area contributed by atoms with E-state index in [1.165, 1.54) is 31.4 Å². The molecule has 0 spiro atoms.